The molecular formula is C20H23N5O3S. The van der Waals surface area contributed by atoms with Crippen LogP contribution in [0.4, 0.5) is 4.79 Å². The topological polar surface area (TPSA) is 102 Å². The van der Waals surface area contributed by atoms with Crippen molar-refractivity contribution in [2.45, 2.75) is 37.7 Å². The Morgan fingerprint density at radius 2 is 1.97 bits per heavy atom. The van der Waals surface area contributed by atoms with Gasteiger partial charge in [-0.05, 0) is 32.4 Å². The summed E-state index contributed by atoms with van der Waals surface area (Å²) in [4.78, 5) is 23.9. The standard InChI is InChI=1S/C20H23N5O3S/c1-4-21-19(27)22-18(26)14(3)29-20-24-23-17(16-10-11-28-13(16)2)25(20)12-15-8-6-5-7-9-15/h5-11,14H,4,12H2,1-3H3,(H2,21,22,26,27)/t14-/m0/s1. The van der Waals surface area contributed by atoms with E-state index in [-0.39, 0.29) is 0 Å². The molecule has 29 heavy (non-hydrogen) atoms. The van der Waals surface area contributed by atoms with Gasteiger partial charge in [0.15, 0.2) is 11.0 Å². The van der Waals surface area contributed by atoms with Gasteiger partial charge < -0.3 is 9.73 Å². The van der Waals surface area contributed by atoms with E-state index in [2.05, 4.69) is 20.8 Å². The average Bonchev–Trinajstić information content (AvgIpc) is 3.28. The van der Waals surface area contributed by atoms with E-state index in [9.17, 15) is 9.59 Å². The van der Waals surface area contributed by atoms with Crippen molar-refractivity contribution in [1.29, 1.82) is 0 Å². The number of urea groups is 1. The second-order valence-corrected chi connectivity index (χ2v) is 7.69. The van der Waals surface area contributed by atoms with Gasteiger partial charge in [-0.1, -0.05) is 42.1 Å². The van der Waals surface area contributed by atoms with Crippen LogP contribution in [0.5, 0.6) is 0 Å². The number of rotatable bonds is 7. The molecule has 1 atom stereocenters. The van der Waals surface area contributed by atoms with Gasteiger partial charge in [0.1, 0.15) is 5.76 Å². The number of hydrogen-bond donors (Lipinski definition) is 2. The Labute approximate surface area is 173 Å². The first-order valence-electron chi connectivity index (χ1n) is 9.26. The number of carbonyl (C=O) groups excluding carboxylic acids is 2. The van der Waals surface area contributed by atoms with Crippen LogP contribution in [0.25, 0.3) is 11.4 Å². The Morgan fingerprint density at radius 1 is 1.21 bits per heavy atom. The van der Waals surface area contributed by atoms with Gasteiger partial charge in [0, 0.05) is 6.54 Å². The van der Waals surface area contributed by atoms with Gasteiger partial charge in [0.25, 0.3) is 0 Å². The van der Waals surface area contributed by atoms with Crippen LogP contribution >= 0.6 is 11.8 Å². The minimum absolute atomic E-state index is 0.392. The Hall–Kier alpha value is -3.07. The highest BCUT2D eigenvalue weighted by Crippen LogP contribution is 2.29. The average molecular weight is 414 g/mol. The Balaban J connectivity index is 1.86. The Bertz CT molecular complexity index is 983. The molecule has 152 valence electrons. The Kier molecular flexibility index (Phi) is 6.71. The molecule has 1 aromatic carbocycles. The molecule has 0 aliphatic carbocycles. The predicted octanol–water partition coefficient (Wildman–Crippen LogP) is 3.22. The molecule has 0 bridgehead atoms. The molecule has 2 N–H and O–H groups in total. The SMILES string of the molecule is CCNC(=O)NC(=O)[C@H](C)Sc1nnc(-c2ccoc2C)n1Cc1ccccc1. The number of carbonyl (C=O) groups is 2. The first-order chi connectivity index (χ1) is 14.0. The molecule has 3 aromatic rings. The quantitative estimate of drug-likeness (QED) is 0.577. The zero-order valence-electron chi connectivity index (χ0n) is 16.5. The maximum atomic E-state index is 12.3. The monoisotopic (exact) mass is 413 g/mol. The third-order valence-electron chi connectivity index (χ3n) is 4.23. The van der Waals surface area contributed by atoms with E-state index in [0.29, 0.717) is 24.1 Å². The molecule has 0 saturated carbocycles. The number of nitrogens with one attached hydrogen (secondary N) is 2. The second kappa shape index (κ2) is 9.42. The molecule has 0 spiro atoms. The summed E-state index contributed by atoms with van der Waals surface area (Å²) < 4.78 is 7.38. The molecular weight excluding hydrogens is 390 g/mol. The summed E-state index contributed by atoms with van der Waals surface area (Å²) >= 11 is 1.25. The van der Waals surface area contributed by atoms with Crippen molar-refractivity contribution in [3.05, 3.63) is 54.0 Å². The number of hydrogen-bond acceptors (Lipinski definition) is 6. The minimum Gasteiger partial charge on any atom is -0.469 e. The molecule has 8 nitrogen and oxygen atoms in total. The first-order valence-corrected chi connectivity index (χ1v) is 10.1. The molecule has 3 rings (SSSR count). The summed E-state index contributed by atoms with van der Waals surface area (Å²) in [6.45, 7) is 6.36. The molecule has 0 aliphatic heterocycles. The Morgan fingerprint density at radius 3 is 2.62 bits per heavy atom. The lowest BCUT2D eigenvalue weighted by Gasteiger charge is -2.13. The van der Waals surface area contributed by atoms with Gasteiger partial charge in [-0.15, -0.1) is 10.2 Å². The van der Waals surface area contributed by atoms with Crippen LogP contribution in [-0.2, 0) is 11.3 Å². The third-order valence-corrected chi connectivity index (χ3v) is 5.31. The van der Waals surface area contributed by atoms with E-state index in [0.717, 1.165) is 16.9 Å². The van der Waals surface area contributed by atoms with Gasteiger partial charge in [-0.25, -0.2) is 4.79 Å². The van der Waals surface area contributed by atoms with Crippen LogP contribution in [0.2, 0.25) is 0 Å². The van der Waals surface area contributed by atoms with Gasteiger partial charge in [-0.2, -0.15) is 0 Å². The largest absolute Gasteiger partial charge is 0.469 e. The number of imide groups is 1. The van der Waals surface area contributed by atoms with Crippen molar-refractivity contribution in [1.82, 2.24) is 25.4 Å². The van der Waals surface area contributed by atoms with Crippen LogP contribution in [0.15, 0.2) is 52.2 Å². The van der Waals surface area contributed by atoms with Gasteiger partial charge in [-0.3, -0.25) is 14.7 Å². The fraction of sp³-hybridized carbons (Fsp3) is 0.300. The molecule has 0 unspecified atom stereocenters. The van der Waals surface area contributed by atoms with Crippen LogP contribution in [0.3, 0.4) is 0 Å². The summed E-state index contributed by atoms with van der Waals surface area (Å²) in [5, 5.41) is 13.6. The highest BCUT2D eigenvalue weighted by Gasteiger charge is 2.23. The number of benzene rings is 1. The first kappa shape index (κ1) is 20.7. The lowest BCUT2D eigenvalue weighted by Crippen LogP contribution is -2.42. The highest BCUT2D eigenvalue weighted by atomic mass is 32.2. The van der Waals surface area contributed by atoms with E-state index >= 15 is 0 Å². The fourth-order valence-corrected chi connectivity index (χ4v) is 3.58. The molecule has 0 saturated heterocycles. The van der Waals surface area contributed by atoms with Crippen LogP contribution in [0, 0.1) is 6.92 Å². The van der Waals surface area contributed by atoms with E-state index in [1.807, 2.05) is 47.9 Å². The van der Waals surface area contributed by atoms with E-state index < -0.39 is 17.2 Å². The number of nitrogens with zero attached hydrogens (tertiary/aromatic N) is 3. The van der Waals surface area contributed by atoms with Crippen molar-refractivity contribution in [2.24, 2.45) is 0 Å². The maximum absolute atomic E-state index is 12.3. The summed E-state index contributed by atoms with van der Waals surface area (Å²) in [6.07, 6.45) is 1.61. The molecule has 0 fully saturated rings. The van der Waals surface area contributed by atoms with E-state index in [1.54, 1.807) is 20.1 Å². The zero-order valence-corrected chi connectivity index (χ0v) is 17.3. The number of amides is 3. The summed E-state index contributed by atoms with van der Waals surface area (Å²) in [5.41, 5.74) is 1.93. The molecule has 3 amide bonds. The second-order valence-electron chi connectivity index (χ2n) is 6.38. The zero-order chi connectivity index (χ0) is 20.8. The van der Waals surface area contributed by atoms with Crippen LogP contribution in [0.1, 0.15) is 25.2 Å². The van der Waals surface area contributed by atoms with Crippen LogP contribution < -0.4 is 10.6 Å². The van der Waals surface area contributed by atoms with Crippen molar-refractivity contribution in [2.75, 3.05) is 6.54 Å². The van der Waals surface area contributed by atoms with Gasteiger partial charge in [0.05, 0.1) is 23.6 Å². The lowest BCUT2D eigenvalue weighted by molar-refractivity contribution is -0.119. The van der Waals surface area contributed by atoms with Crippen molar-refractivity contribution in [3.8, 4) is 11.4 Å². The molecule has 0 radical (unpaired) electrons. The van der Waals surface area contributed by atoms with Gasteiger partial charge >= 0.3 is 6.03 Å². The van der Waals surface area contributed by atoms with Gasteiger partial charge in [0.2, 0.25) is 5.91 Å². The summed E-state index contributed by atoms with van der Waals surface area (Å²) in [6, 6.07) is 11.3. The normalized spacial score (nSPS) is 11.8. The summed E-state index contributed by atoms with van der Waals surface area (Å²) in [7, 11) is 0. The van der Waals surface area contributed by atoms with Crippen molar-refractivity contribution < 1.29 is 14.0 Å². The summed E-state index contributed by atoms with van der Waals surface area (Å²) in [5.74, 6) is 1.01. The number of furan rings is 1. The van der Waals surface area contributed by atoms with Crippen LogP contribution in [-0.4, -0.2) is 38.5 Å². The number of aromatic nitrogens is 3. The van der Waals surface area contributed by atoms with E-state index in [1.165, 1.54) is 11.8 Å². The number of aryl methyl sites for hydroxylation is 1. The third kappa shape index (κ3) is 5.05. The number of thioether (sulfide) groups is 1. The van der Waals surface area contributed by atoms with E-state index in [4.69, 9.17) is 4.42 Å². The predicted molar refractivity (Wildman–Crippen MR) is 111 cm³/mol. The molecule has 0 aliphatic rings. The molecule has 9 heteroatoms. The lowest BCUT2D eigenvalue weighted by atomic mass is 10.2. The van der Waals surface area contributed by atoms with Crippen molar-refractivity contribution in [3.63, 3.8) is 0 Å². The highest BCUT2D eigenvalue weighted by molar-refractivity contribution is 8.00. The smallest absolute Gasteiger partial charge is 0.321 e. The van der Waals surface area contributed by atoms with Crippen molar-refractivity contribution >= 4 is 23.7 Å². The maximum Gasteiger partial charge on any atom is 0.321 e. The minimum atomic E-state index is -0.533. The molecule has 2 heterocycles. The molecule has 2 aromatic heterocycles. The fourth-order valence-electron chi connectivity index (χ4n) is 2.73.